The third kappa shape index (κ3) is 4.80. The van der Waals surface area contributed by atoms with Gasteiger partial charge in [0.1, 0.15) is 17.3 Å². The van der Waals surface area contributed by atoms with Crippen LogP contribution in [0.5, 0.6) is 23.0 Å². The summed E-state index contributed by atoms with van der Waals surface area (Å²) >= 11 is 6.07. The summed E-state index contributed by atoms with van der Waals surface area (Å²) in [4.78, 5) is 28.2. The van der Waals surface area contributed by atoms with E-state index in [0.717, 1.165) is 0 Å². The monoisotopic (exact) mass is 523 g/mol. The van der Waals surface area contributed by atoms with E-state index in [9.17, 15) is 14.7 Å². The molecular weight excluding hydrogens is 498 g/mol. The van der Waals surface area contributed by atoms with E-state index in [1.807, 2.05) is 6.92 Å². The summed E-state index contributed by atoms with van der Waals surface area (Å²) in [5, 5.41) is 12.0. The normalized spacial score (nSPS) is 16.6. The van der Waals surface area contributed by atoms with Crippen LogP contribution in [0.1, 0.15) is 24.1 Å². The Labute approximate surface area is 219 Å². The number of hydrogen-bond donors (Lipinski definition) is 1. The third-order valence-corrected chi connectivity index (χ3v) is 6.27. The number of Topliss-reactive ketones (excluding diaryl/α,β-unsaturated/α-hetero) is 1. The third-order valence-electron chi connectivity index (χ3n) is 6.02. The number of anilines is 1. The Morgan fingerprint density at radius 3 is 2.22 bits per heavy atom. The highest BCUT2D eigenvalue weighted by molar-refractivity contribution is 6.51. The smallest absolute Gasteiger partial charge is 0.300 e. The molecule has 0 saturated carbocycles. The van der Waals surface area contributed by atoms with E-state index >= 15 is 0 Å². The maximum Gasteiger partial charge on any atom is 0.300 e. The molecule has 0 spiro atoms. The molecule has 9 heteroatoms. The van der Waals surface area contributed by atoms with Crippen LogP contribution < -0.4 is 23.8 Å². The van der Waals surface area contributed by atoms with Crippen molar-refractivity contribution in [3.05, 3.63) is 82.4 Å². The minimum absolute atomic E-state index is 0.101. The molecule has 37 heavy (non-hydrogen) atoms. The van der Waals surface area contributed by atoms with Gasteiger partial charge in [0, 0.05) is 16.8 Å². The van der Waals surface area contributed by atoms with E-state index < -0.39 is 17.7 Å². The maximum atomic E-state index is 13.5. The van der Waals surface area contributed by atoms with Gasteiger partial charge in [-0.15, -0.1) is 0 Å². The van der Waals surface area contributed by atoms with Crippen LogP contribution in [-0.2, 0) is 9.59 Å². The van der Waals surface area contributed by atoms with Crippen molar-refractivity contribution < 1.29 is 33.6 Å². The van der Waals surface area contributed by atoms with Crippen LogP contribution in [0.2, 0.25) is 5.02 Å². The van der Waals surface area contributed by atoms with Gasteiger partial charge in [-0.1, -0.05) is 17.7 Å². The molecule has 0 radical (unpaired) electrons. The molecule has 1 heterocycles. The standard InChI is InChI=1S/C28H26ClNO7/c1-5-37-23-14-16(6-13-21(23)35-3)25-24(26(31)20-12-11-19(34-2)15-22(20)36-4)27(32)28(33)30(25)18-9-7-17(29)8-10-18/h6-15,25,31H,5H2,1-4H3/b26-24+. The number of nitrogens with zero attached hydrogens (tertiary/aromatic N) is 1. The molecule has 1 amide bonds. The van der Waals surface area contributed by atoms with Crippen molar-refractivity contribution in [2.24, 2.45) is 0 Å². The fraction of sp³-hybridized carbons (Fsp3) is 0.214. The lowest BCUT2D eigenvalue weighted by atomic mass is 9.94. The number of methoxy groups -OCH3 is 3. The molecule has 0 aromatic heterocycles. The van der Waals surface area contributed by atoms with Crippen molar-refractivity contribution in [3.63, 3.8) is 0 Å². The van der Waals surface area contributed by atoms with Crippen molar-refractivity contribution in [3.8, 4) is 23.0 Å². The number of benzene rings is 3. The van der Waals surface area contributed by atoms with Crippen molar-refractivity contribution in [1.82, 2.24) is 0 Å². The van der Waals surface area contributed by atoms with Crippen molar-refractivity contribution >= 4 is 34.7 Å². The molecule has 1 N–H and O–H groups in total. The zero-order valence-electron chi connectivity index (χ0n) is 20.8. The quantitative estimate of drug-likeness (QED) is 0.240. The molecule has 3 aromatic rings. The molecule has 8 nitrogen and oxygen atoms in total. The molecule has 1 fully saturated rings. The van der Waals surface area contributed by atoms with Crippen LogP contribution in [-0.4, -0.2) is 44.7 Å². The van der Waals surface area contributed by atoms with Crippen LogP contribution in [0.15, 0.2) is 66.2 Å². The Balaban J connectivity index is 1.98. The summed E-state index contributed by atoms with van der Waals surface area (Å²) in [6.45, 7) is 2.21. The van der Waals surface area contributed by atoms with E-state index in [4.69, 9.17) is 30.5 Å². The first-order valence-electron chi connectivity index (χ1n) is 11.4. The molecule has 0 bridgehead atoms. The topological polar surface area (TPSA) is 94.5 Å². The number of ketones is 1. The van der Waals surface area contributed by atoms with Crippen molar-refractivity contribution in [1.29, 1.82) is 0 Å². The Bertz CT molecular complexity index is 1370. The molecule has 1 aliphatic rings. The number of halogens is 1. The van der Waals surface area contributed by atoms with Gasteiger partial charge in [0.2, 0.25) is 0 Å². The van der Waals surface area contributed by atoms with Gasteiger partial charge in [0.15, 0.2) is 11.5 Å². The number of rotatable bonds is 8. The molecule has 0 aliphatic carbocycles. The average Bonchev–Trinajstić information content (AvgIpc) is 3.18. The number of carbonyl (C=O) groups is 2. The van der Waals surface area contributed by atoms with Crippen LogP contribution in [0.3, 0.4) is 0 Å². The highest BCUT2D eigenvalue weighted by atomic mass is 35.5. The molecule has 192 valence electrons. The largest absolute Gasteiger partial charge is 0.507 e. The lowest BCUT2D eigenvalue weighted by Gasteiger charge is -2.26. The lowest BCUT2D eigenvalue weighted by Crippen LogP contribution is -2.29. The molecule has 1 aliphatic heterocycles. The maximum absolute atomic E-state index is 13.5. The number of aliphatic hydroxyl groups is 1. The van der Waals surface area contributed by atoms with Gasteiger partial charge in [-0.3, -0.25) is 14.5 Å². The summed E-state index contributed by atoms with van der Waals surface area (Å²) in [7, 11) is 4.46. The van der Waals surface area contributed by atoms with Gasteiger partial charge in [0.05, 0.1) is 45.1 Å². The number of aliphatic hydroxyl groups excluding tert-OH is 1. The van der Waals surface area contributed by atoms with Gasteiger partial charge in [-0.05, 0) is 61.0 Å². The summed E-state index contributed by atoms with van der Waals surface area (Å²) in [5.74, 6) is -0.314. The van der Waals surface area contributed by atoms with Gasteiger partial charge in [0.25, 0.3) is 11.7 Å². The zero-order valence-corrected chi connectivity index (χ0v) is 21.5. The Hall–Kier alpha value is -4.17. The number of hydrogen-bond acceptors (Lipinski definition) is 7. The van der Waals surface area contributed by atoms with Crippen LogP contribution in [0, 0.1) is 0 Å². The average molecular weight is 524 g/mol. The van der Waals surface area contributed by atoms with Gasteiger partial charge in [-0.25, -0.2) is 0 Å². The minimum atomic E-state index is -0.974. The number of carbonyl (C=O) groups excluding carboxylic acids is 2. The first-order valence-corrected chi connectivity index (χ1v) is 11.8. The summed E-state index contributed by atoms with van der Waals surface area (Å²) in [6.07, 6.45) is 0. The molecule has 3 aromatic carbocycles. The van der Waals surface area contributed by atoms with E-state index in [2.05, 4.69) is 0 Å². The minimum Gasteiger partial charge on any atom is -0.507 e. The summed E-state index contributed by atoms with van der Waals surface area (Å²) in [6, 6.07) is 15.4. The van der Waals surface area contributed by atoms with Crippen LogP contribution in [0.25, 0.3) is 5.76 Å². The van der Waals surface area contributed by atoms with E-state index in [-0.39, 0.29) is 22.6 Å². The molecule has 4 rings (SSSR count). The van der Waals surface area contributed by atoms with Gasteiger partial charge < -0.3 is 24.1 Å². The fourth-order valence-corrected chi connectivity index (χ4v) is 4.41. The second-order valence-electron chi connectivity index (χ2n) is 8.06. The van der Waals surface area contributed by atoms with Gasteiger partial charge >= 0.3 is 0 Å². The second-order valence-corrected chi connectivity index (χ2v) is 8.49. The molecular formula is C28H26ClNO7. The summed E-state index contributed by atoms with van der Waals surface area (Å²) < 4.78 is 21.8. The Morgan fingerprint density at radius 1 is 0.892 bits per heavy atom. The SMILES string of the molecule is CCOc1cc(C2/C(=C(\O)c3ccc(OC)cc3OC)C(=O)C(=O)N2c2ccc(Cl)cc2)ccc1OC. The van der Waals surface area contributed by atoms with E-state index in [0.29, 0.717) is 40.1 Å². The highest BCUT2D eigenvalue weighted by Gasteiger charge is 2.47. The molecule has 1 saturated heterocycles. The first kappa shape index (κ1) is 25.9. The van der Waals surface area contributed by atoms with Crippen molar-refractivity contribution in [2.45, 2.75) is 13.0 Å². The predicted octanol–water partition coefficient (Wildman–Crippen LogP) is 5.39. The predicted molar refractivity (Wildman–Crippen MR) is 140 cm³/mol. The number of amides is 1. The Morgan fingerprint density at radius 2 is 1.59 bits per heavy atom. The van der Waals surface area contributed by atoms with Crippen LogP contribution >= 0.6 is 11.6 Å². The lowest BCUT2D eigenvalue weighted by molar-refractivity contribution is -0.132. The first-order chi connectivity index (χ1) is 17.8. The fourth-order valence-electron chi connectivity index (χ4n) is 4.29. The van der Waals surface area contributed by atoms with Crippen LogP contribution in [0.4, 0.5) is 5.69 Å². The number of ether oxygens (including phenoxy) is 4. The van der Waals surface area contributed by atoms with E-state index in [1.165, 1.54) is 26.2 Å². The Kier molecular flexibility index (Phi) is 7.59. The second kappa shape index (κ2) is 10.8. The van der Waals surface area contributed by atoms with E-state index in [1.54, 1.807) is 60.7 Å². The highest BCUT2D eigenvalue weighted by Crippen LogP contribution is 2.45. The van der Waals surface area contributed by atoms with Crippen molar-refractivity contribution in [2.75, 3.05) is 32.8 Å². The zero-order chi connectivity index (χ0) is 26.7. The summed E-state index contributed by atoms with van der Waals surface area (Å²) in [5.41, 5.74) is 1.11. The van der Waals surface area contributed by atoms with Gasteiger partial charge in [-0.2, -0.15) is 0 Å². The molecule has 1 unspecified atom stereocenters. The molecule has 1 atom stereocenters.